The minimum Gasteiger partial charge on any atom is -0.368 e. The van der Waals surface area contributed by atoms with E-state index in [0.29, 0.717) is 11.6 Å². The van der Waals surface area contributed by atoms with E-state index in [9.17, 15) is 0 Å². The molecule has 4 aromatic heterocycles. The molecule has 4 aromatic rings. The number of aryl methyl sites for hydroxylation is 2. The molecule has 4 heterocycles. The molecule has 0 radical (unpaired) electrons. The lowest BCUT2D eigenvalue weighted by Gasteiger charge is -2.08. The smallest absolute Gasteiger partial charge is 0.170 e. The van der Waals surface area contributed by atoms with Crippen LogP contribution < -0.4 is 5.32 Å². The quantitative estimate of drug-likeness (QED) is 0.584. The van der Waals surface area contributed by atoms with Crippen molar-refractivity contribution in [3.63, 3.8) is 0 Å². The summed E-state index contributed by atoms with van der Waals surface area (Å²) in [5, 5.41) is 11.5. The van der Waals surface area contributed by atoms with Gasteiger partial charge < -0.3 is 9.84 Å². The van der Waals surface area contributed by atoms with Gasteiger partial charge in [-0.25, -0.2) is 15.0 Å². The van der Waals surface area contributed by atoms with Crippen LogP contribution in [0.3, 0.4) is 0 Å². The summed E-state index contributed by atoms with van der Waals surface area (Å²) >= 11 is 1.64. The van der Waals surface area contributed by atoms with Crippen LogP contribution in [0.25, 0.3) is 28.2 Å². The zero-order valence-corrected chi connectivity index (χ0v) is 15.1. The van der Waals surface area contributed by atoms with Crippen molar-refractivity contribution in [3.05, 3.63) is 34.6 Å². The second-order valence-corrected chi connectivity index (χ2v) is 6.57. The van der Waals surface area contributed by atoms with E-state index in [1.807, 2.05) is 29.9 Å². The monoisotopic (exact) mass is 354 g/mol. The van der Waals surface area contributed by atoms with Crippen molar-refractivity contribution in [1.29, 1.82) is 0 Å². The molecule has 0 saturated heterocycles. The SMILES string of the molecule is CCCNc1nc(-c2c(C)noc2C)nc2c1ncn2-c1ccsc1. The summed E-state index contributed by atoms with van der Waals surface area (Å²) in [6, 6.07) is 2.04. The summed E-state index contributed by atoms with van der Waals surface area (Å²) in [4.78, 5) is 14.0. The molecule has 7 nitrogen and oxygen atoms in total. The van der Waals surface area contributed by atoms with E-state index in [2.05, 4.69) is 27.8 Å². The molecular formula is C17H18N6OS. The molecule has 0 unspecified atom stereocenters. The Morgan fingerprint density at radius 2 is 2.16 bits per heavy atom. The van der Waals surface area contributed by atoms with E-state index in [1.54, 1.807) is 17.7 Å². The molecule has 0 fully saturated rings. The number of rotatable bonds is 5. The Morgan fingerprint density at radius 3 is 2.84 bits per heavy atom. The van der Waals surface area contributed by atoms with Crippen LogP contribution in [0.15, 0.2) is 27.7 Å². The highest BCUT2D eigenvalue weighted by Gasteiger charge is 2.20. The molecule has 0 aliphatic heterocycles. The summed E-state index contributed by atoms with van der Waals surface area (Å²) in [5.74, 6) is 2.04. The van der Waals surface area contributed by atoms with Gasteiger partial charge in [0.1, 0.15) is 12.1 Å². The van der Waals surface area contributed by atoms with Gasteiger partial charge in [0.05, 0.1) is 16.9 Å². The van der Waals surface area contributed by atoms with E-state index in [1.165, 1.54) is 0 Å². The van der Waals surface area contributed by atoms with Gasteiger partial charge in [-0.1, -0.05) is 12.1 Å². The normalized spacial score (nSPS) is 11.3. The fourth-order valence-corrected chi connectivity index (χ4v) is 3.39. The van der Waals surface area contributed by atoms with E-state index in [-0.39, 0.29) is 0 Å². The summed E-state index contributed by atoms with van der Waals surface area (Å²) in [7, 11) is 0. The highest BCUT2D eigenvalue weighted by atomic mass is 32.1. The molecule has 0 spiro atoms. The van der Waals surface area contributed by atoms with Crippen molar-refractivity contribution in [1.82, 2.24) is 24.7 Å². The Morgan fingerprint density at radius 1 is 1.28 bits per heavy atom. The van der Waals surface area contributed by atoms with Crippen molar-refractivity contribution in [2.45, 2.75) is 27.2 Å². The fraction of sp³-hybridized carbons (Fsp3) is 0.294. The van der Waals surface area contributed by atoms with Crippen LogP contribution in [0.2, 0.25) is 0 Å². The maximum absolute atomic E-state index is 5.30. The fourth-order valence-electron chi connectivity index (χ4n) is 2.76. The minimum absolute atomic E-state index is 0.597. The number of imidazole rings is 1. The third kappa shape index (κ3) is 2.68. The maximum atomic E-state index is 5.30. The molecule has 0 atom stereocenters. The first-order valence-electron chi connectivity index (χ1n) is 8.13. The van der Waals surface area contributed by atoms with E-state index in [0.717, 1.165) is 46.9 Å². The molecule has 0 aromatic carbocycles. The van der Waals surface area contributed by atoms with Crippen molar-refractivity contribution in [2.75, 3.05) is 11.9 Å². The number of hydrogen-bond acceptors (Lipinski definition) is 7. The molecule has 0 saturated carbocycles. The van der Waals surface area contributed by atoms with Gasteiger partial charge in [0.2, 0.25) is 0 Å². The number of nitrogens with one attached hydrogen (secondary N) is 1. The number of fused-ring (bicyclic) bond motifs is 1. The van der Waals surface area contributed by atoms with E-state index in [4.69, 9.17) is 14.5 Å². The van der Waals surface area contributed by atoms with E-state index >= 15 is 0 Å². The zero-order chi connectivity index (χ0) is 17.4. The molecule has 0 amide bonds. The van der Waals surface area contributed by atoms with Crippen molar-refractivity contribution < 1.29 is 4.52 Å². The summed E-state index contributed by atoms with van der Waals surface area (Å²) in [5.41, 5.74) is 4.17. The summed E-state index contributed by atoms with van der Waals surface area (Å²) < 4.78 is 7.27. The zero-order valence-electron chi connectivity index (χ0n) is 14.3. The lowest BCUT2D eigenvalue weighted by molar-refractivity contribution is 0.393. The van der Waals surface area contributed by atoms with E-state index < -0.39 is 0 Å². The minimum atomic E-state index is 0.597. The topological polar surface area (TPSA) is 81.7 Å². The Bertz CT molecular complexity index is 998. The first kappa shape index (κ1) is 15.8. The molecule has 0 aliphatic rings. The van der Waals surface area contributed by atoms with Crippen LogP contribution in [0.1, 0.15) is 24.8 Å². The number of hydrogen-bond donors (Lipinski definition) is 1. The summed E-state index contributed by atoms with van der Waals surface area (Å²) in [6.45, 7) is 6.70. The van der Waals surface area contributed by atoms with Gasteiger partial charge in [-0.05, 0) is 31.7 Å². The molecule has 0 aliphatic carbocycles. The molecule has 25 heavy (non-hydrogen) atoms. The van der Waals surface area contributed by atoms with Crippen molar-refractivity contribution in [3.8, 4) is 17.1 Å². The standard InChI is InChI=1S/C17H18N6OS/c1-4-6-18-16-14-17(23(9-19-14)12-5-7-25-8-12)21-15(20-16)13-10(2)22-24-11(13)3/h5,7-9H,4,6H2,1-3H3,(H,18,20,21). The first-order valence-corrected chi connectivity index (χ1v) is 9.08. The first-order chi connectivity index (χ1) is 12.2. The van der Waals surface area contributed by atoms with Crippen LogP contribution >= 0.6 is 11.3 Å². The maximum Gasteiger partial charge on any atom is 0.170 e. The van der Waals surface area contributed by atoms with Crippen molar-refractivity contribution in [2.24, 2.45) is 0 Å². The highest BCUT2D eigenvalue weighted by molar-refractivity contribution is 7.08. The molecule has 128 valence electrons. The van der Waals surface area contributed by atoms with Gasteiger partial charge in [0.15, 0.2) is 22.8 Å². The number of aromatic nitrogens is 5. The second kappa shape index (κ2) is 6.29. The number of nitrogens with zero attached hydrogens (tertiary/aromatic N) is 5. The average molecular weight is 354 g/mol. The average Bonchev–Trinajstić information content (AvgIpc) is 3.32. The van der Waals surface area contributed by atoms with Gasteiger partial charge in [0.25, 0.3) is 0 Å². The number of anilines is 1. The number of thiophene rings is 1. The molecule has 8 heteroatoms. The predicted molar refractivity (Wildman–Crippen MR) is 98.3 cm³/mol. The summed E-state index contributed by atoms with van der Waals surface area (Å²) in [6.07, 6.45) is 2.78. The van der Waals surface area contributed by atoms with Crippen molar-refractivity contribution >= 4 is 28.3 Å². The predicted octanol–water partition coefficient (Wildman–Crippen LogP) is 3.97. The molecular weight excluding hydrogens is 336 g/mol. The van der Waals surface area contributed by atoms with Crippen LogP contribution in [0, 0.1) is 13.8 Å². The van der Waals surface area contributed by atoms with Crippen LogP contribution in [0.4, 0.5) is 5.82 Å². The Hall–Kier alpha value is -2.74. The van der Waals surface area contributed by atoms with Gasteiger partial charge in [0, 0.05) is 11.9 Å². The van der Waals surface area contributed by atoms with Gasteiger partial charge in [-0.2, -0.15) is 11.3 Å². The third-order valence-corrected chi connectivity index (χ3v) is 4.65. The molecule has 4 rings (SSSR count). The Labute approximate surface area is 148 Å². The van der Waals surface area contributed by atoms with Gasteiger partial charge >= 0.3 is 0 Å². The lowest BCUT2D eigenvalue weighted by atomic mass is 10.2. The Kier molecular flexibility index (Phi) is 3.96. The van der Waals surface area contributed by atoms with Crippen LogP contribution in [-0.4, -0.2) is 31.2 Å². The van der Waals surface area contributed by atoms with Crippen LogP contribution in [0.5, 0.6) is 0 Å². The second-order valence-electron chi connectivity index (χ2n) is 5.79. The lowest BCUT2D eigenvalue weighted by Crippen LogP contribution is -2.06. The third-order valence-electron chi connectivity index (χ3n) is 3.98. The molecule has 1 N–H and O–H groups in total. The largest absolute Gasteiger partial charge is 0.368 e. The van der Waals surface area contributed by atoms with Crippen LogP contribution in [-0.2, 0) is 0 Å². The molecule has 0 bridgehead atoms. The van der Waals surface area contributed by atoms with Gasteiger partial charge in [-0.3, -0.25) is 4.57 Å². The van der Waals surface area contributed by atoms with Gasteiger partial charge in [-0.15, -0.1) is 0 Å². The Balaban J connectivity index is 1.96. The highest BCUT2D eigenvalue weighted by Crippen LogP contribution is 2.29.